The molecule has 156 valence electrons. The summed E-state index contributed by atoms with van der Waals surface area (Å²) in [7, 11) is 0. The Balaban J connectivity index is 1.48. The lowest BCUT2D eigenvalue weighted by Gasteiger charge is -2.11. The highest BCUT2D eigenvalue weighted by atomic mass is 127. The van der Waals surface area contributed by atoms with Gasteiger partial charge in [0.1, 0.15) is 24.0 Å². The van der Waals surface area contributed by atoms with E-state index in [1.807, 2.05) is 60.7 Å². The van der Waals surface area contributed by atoms with Gasteiger partial charge in [-0.3, -0.25) is 4.79 Å². The molecule has 0 unspecified atom stereocenters. The Morgan fingerprint density at radius 3 is 2.50 bits per heavy atom. The van der Waals surface area contributed by atoms with E-state index in [4.69, 9.17) is 4.74 Å². The number of carbonyl (C=O) groups excluding carboxylic acids is 1. The zero-order valence-electron chi connectivity index (χ0n) is 17.1. The van der Waals surface area contributed by atoms with Crippen molar-refractivity contribution in [2.24, 2.45) is 0 Å². The van der Waals surface area contributed by atoms with Crippen molar-refractivity contribution in [1.29, 1.82) is 5.26 Å². The molecule has 4 aromatic carbocycles. The predicted octanol–water partition coefficient (Wildman–Crippen LogP) is 6.57. The number of carbonyl (C=O) groups is 1. The Morgan fingerprint density at radius 1 is 0.969 bits per heavy atom. The third-order valence-corrected chi connectivity index (χ3v) is 5.77. The number of para-hydroxylation sites is 1. The number of amides is 1. The summed E-state index contributed by atoms with van der Waals surface area (Å²) >= 11 is 2.20. The summed E-state index contributed by atoms with van der Waals surface area (Å²) in [6, 6.07) is 31.1. The SMILES string of the molecule is N#C/C(=C/c1ccc(OCc2cccc3ccccc23)c(I)c1)C(=O)Nc1ccccc1. The van der Waals surface area contributed by atoms with Crippen LogP contribution in [0.2, 0.25) is 0 Å². The summed E-state index contributed by atoms with van der Waals surface area (Å²) in [6.45, 7) is 0.454. The summed E-state index contributed by atoms with van der Waals surface area (Å²) in [5, 5.41) is 14.5. The Labute approximate surface area is 200 Å². The van der Waals surface area contributed by atoms with Crippen LogP contribution in [0.25, 0.3) is 16.8 Å². The number of nitrogens with one attached hydrogen (secondary N) is 1. The predicted molar refractivity (Wildman–Crippen MR) is 136 cm³/mol. The highest BCUT2D eigenvalue weighted by Gasteiger charge is 2.11. The van der Waals surface area contributed by atoms with E-state index >= 15 is 0 Å². The van der Waals surface area contributed by atoms with Gasteiger partial charge in [0.2, 0.25) is 0 Å². The molecular formula is C27H19IN2O2. The maximum Gasteiger partial charge on any atom is 0.266 e. The minimum atomic E-state index is -0.440. The number of hydrogen-bond acceptors (Lipinski definition) is 3. The number of nitrogens with zero attached hydrogens (tertiary/aromatic N) is 1. The lowest BCUT2D eigenvalue weighted by Crippen LogP contribution is -2.13. The minimum absolute atomic E-state index is 0.0362. The van der Waals surface area contributed by atoms with E-state index in [2.05, 4.69) is 52.2 Å². The molecule has 0 aliphatic rings. The van der Waals surface area contributed by atoms with Crippen LogP contribution in [0.1, 0.15) is 11.1 Å². The minimum Gasteiger partial charge on any atom is -0.488 e. The number of rotatable bonds is 6. The molecular weight excluding hydrogens is 511 g/mol. The Kier molecular flexibility index (Phi) is 6.83. The lowest BCUT2D eigenvalue weighted by molar-refractivity contribution is -0.112. The molecule has 5 heteroatoms. The third-order valence-electron chi connectivity index (χ3n) is 4.93. The van der Waals surface area contributed by atoms with Crippen LogP contribution in [0, 0.1) is 14.9 Å². The average molecular weight is 530 g/mol. The summed E-state index contributed by atoms with van der Waals surface area (Å²) in [5.41, 5.74) is 2.55. The fourth-order valence-electron chi connectivity index (χ4n) is 3.33. The van der Waals surface area contributed by atoms with Crippen LogP contribution < -0.4 is 10.1 Å². The summed E-state index contributed by atoms with van der Waals surface area (Å²) < 4.78 is 6.97. The van der Waals surface area contributed by atoms with Gasteiger partial charge < -0.3 is 10.1 Å². The van der Waals surface area contributed by atoms with Gasteiger partial charge in [-0.1, -0.05) is 66.7 Å². The monoisotopic (exact) mass is 530 g/mol. The first kappa shape index (κ1) is 21.6. The van der Waals surface area contributed by atoms with Crippen molar-refractivity contribution in [2.45, 2.75) is 6.61 Å². The third kappa shape index (κ3) is 5.16. The molecule has 0 saturated carbocycles. The molecule has 4 rings (SSSR count). The summed E-state index contributed by atoms with van der Waals surface area (Å²) in [5.74, 6) is 0.313. The van der Waals surface area contributed by atoms with Gasteiger partial charge in [0.05, 0.1) is 3.57 Å². The molecule has 0 aliphatic carbocycles. The van der Waals surface area contributed by atoms with Crippen LogP contribution in [0.3, 0.4) is 0 Å². The molecule has 4 nitrogen and oxygen atoms in total. The molecule has 0 heterocycles. The smallest absolute Gasteiger partial charge is 0.266 e. The molecule has 1 amide bonds. The maximum absolute atomic E-state index is 12.4. The molecule has 0 atom stereocenters. The van der Waals surface area contributed by atoms with Crippen LogP contribution in [0.4, 0.5) is 5.69 Å². The van der Waals surface area contributed by atoms with Crippen molar-refractivity contribution in [2.75, 3.05) is 5.32 Å². The second-order valence-corrected chi connectivity index (χ2v) is 8.27. The number of hydrogen-bond donors (Lipinski definition) is 1. The van der Waals surface area contributed by atoms with E-state index in [0.717, 1.165) is 20.4 Å². The van der Waals surface area contributed by atoms with Gasteiger partial charge in [-0.2, -0.15) is 5.26 Å². The standard InChI is InChI=1S/C27H19IN2O2/c28-25-16-19(15-22(17-29)27(31)30-23-10-2-1-3-11-23)13-14-26(25)32-18-21-9-6-8-20-7-4-5-12-24(20)21/h1-16H,18H2,(H,30,31)/b22-15-. The Bertz CT molecular complexity index is 1340. The van der Waals surface area contributed by atoms with Crippen LogP contribution in [-0.2, 0) is 11.4 Å². The quantitative estimate of drug-likeness (QED) is 0.174. The number of anilines is 1. The van der Waals surface area contributed by atoms with E-state index in [9.17, 15) is 10.1 Å². The highest BCUT2D eigenvalue weighted by Crippen LogP contribution is 2.26. The zero-order valence-corrected chi connectivity index (χ0v) is 19.2. The van der Waals surface area contributed by atoms with Crippen LogP contribution in [-0.4, -0.2) is 5.91 Å². The van der Waals surface area contributed by atoms with Gasteiger partial charge in [-0.05, 0) is 74.8 Å². The van der Waals surface area contributed by atoms with E-state index in [-0.39, 0.29) is 5.57 Å². The van der Waals surface area contributed by atoms with Crippen molar-refractivity contribution < 1.29 is 9.53 Å². The van der Waals surface area contributed by atoms with Crippen molar-refractivity contribution in [1.82, 2.24) is 0 Å². The molecule has 0 saturated heterocycles. The van der Waals surface area contributed by atoms with E-state index in [0.29, 0.717) is 12.3 Å². The van der Waals surface area contributed by atoms with Crippen molar-refractivity contribution in [3.05, 3.63) is 111 Å². The molecule has 0 fully saturated rings. The molecule has 0 aromatic heterocycles. The second kappa shape index (κ2) is 10.1. The average Bonchev–Trinajstić information content (AvgIpc) is 2.82. The first-order valence-corrected chi connectivity index (χ1v) is 11.1. The van der Waals surface area contributed by atoms with Gasteiger partial charge in [0.25, 0.3) is 5.91 Å². The van der Waals surface area contributed by atoms with Crippen LogP contribution in [0.5, 0.6) is 5.75 Å². The van der Waals surface area contributed by atoms with Gasteiger partial charge >= 0.3 is 0 Å². The van der Waals surface area contributed by atoms with Gasteiger partial charge in [0.15, 0.2) is 0 Å². The molecule has 0 bridgehead atoms. The van der Waals surface area contributed by atoms with E-state index < -0.39 is 5.91 Å². The summed E-state index contributed by atoms with van der Waals surface area (Å²) in [4.78, 5) is 12.4. The summed E-state index contributed by atoms with van der Waals surface area (Å²) in [6.07, 6.45) is 1.58. The van der Waals surface area contributed by atoms with Crippen molar-refractivity contribution >= 4 is 51.0 Å². The fraction of sp³-hybridized carbons (Fsp3) is 0.0370. The van der Waals surface area contributed by atoms with Crippen LogP contribution in [0.15, 0.2) is 96.6 Å². The number of ether oxygens (including phenoxy) is 1. The molecule has 0 spiro atoms. The van der Waals surface area contributed by atoms with Gasteiger partial charge in [-0.25, -0.2) is 0 Å². The van der Waals surface area contributed by atoms with E-state index in [1.54, 1.807) is 18.2 Å². The Morgan fingerprint density at radius 2 is 1.72 bits per heavy atom. The largest absolute Gasteiger partial charge is 0.488 e. The normalized spacial score (nSPS) is 11.1. The molecule has 0 aliphatic heterocycles. The number of benzene rings is 4. The Hall–Kier alpha value is -3.63. The van der Waals surface area contributed by atoms with E-state index in [1.165, 1.54) is 10.8 Å². The fourth-order valence-corrected chi connectivity index (χ4v) is 4.03. The number of fused-ring (bicyclic) bond motifs is 1. The lowest BCUT2D eigenvalue weighted by atomic mass is 10.1. The van der Waals surface area contributed by atoms with Crippen LogP contribution >= 0.6 is 22.6 Å². The highest BCUT2D eigenvalue weighted by molar-refractivity contribution is 14.1. The zero-order chi connectivity index (χ0) is 22.3. The molecule has 4 aromatic rings. The first-order chi connectivity index (χ1) is 15.6. The maximum atomic E-state index is 12.4. The van der Waals surface area contributed by atoms with Gasteiger partial charge in [0, 0.05) is 5.69 Å². The van der Waals surface area contributed by atoms with Crippen molar-refractivity contribution in [3.63, 3.8) is 0 Å². The molecule has 0 radical (unpaired) electrons. The first-order valence-electron chi connectivity index (χ1n) is 10.0. The molecule has 1 N–H and O–H groups in total. The van der Waals surface area contributed by atoms with Gasteiger partial charge in [-0.15, -0.1) is 0 Å². The molecule has 32 heavy (non-hydrogen) atoms. The van der Waals surface area contributed by atoms with Crippen molar-refractivity contribution in [3.8, 4) is 11.8 Å². The topological polar surface area (TPSA) is 62.1 Å². The number of halogens is 1. The second-order valence-electron chi connectivity index (χ2n) is 7.11. The number of nitriles is 1.